The number of methoxy groups -OCH3 is 1. The van der Waals surface area contributed by atoms with E-state index in [1.807, 2.05) is 31.3 Å². The van der Waals surface area contributed by atoms with Gasteiger partial charge < -0.3 is 20.1 Å². The zero-order chi connectivity index (χ0) is 15.7. The van der Waals surface area contributed by atoms with E-state index in [4.69, 9.17) is 9.47 Å². The zero-order valence-corrected chi connectivity index (χ0v) is 13.3. The van der Waals surface area contributed by atoms with Crippen molar-refractivity contribution in [3.8, 4) is 5.75 Å². The van der Waals surface area contributed by atoms with Crippen LogP contribution in [0.2, 0.25) is 0 Å². The van der Waals surface area contributed by atoms with Crippen LogP contribution in [0.4, 0.5) is 0 Å². The summed E-state index contributed by atoms with van der Waals surface area (Å²) in [5, 5.41) is 5.96. The Morgan fingerprint density at radius 1 is 1.24 bits per heavy atom. The van der Waals surface area contributed by atoms with Crippen molar-refractivity contribution in [3.63, 3.8) is 0 Å². The van der Waals surface area contributed by atoms with E-state index < -0.39 is 6.10 Å². The lowest BCUT2D eigenvalue weighted by molar-refractivity contribution is -0.127. The van der Waals surface area contributed by atoms with Crippen LogP contribution in [0.3, 0.4) is 0 Å². The Bertz CT molecular complexity index is 420. The molecule has 0 fully saturated rings. The number of amides is 1. The molecule has 118 valence electrons. The molecule has 0 heterocycles. The minimum atomic E-state index is -0.524. The Morgan fingerprint density at radius 3 is 2.48 bits per heavy atom. The lowest BCUT2D eigenvalue weighted by Gasteiger charge is -2.15. The molecule has 0 aliphatic rings. The summed E-state index contributed by atoms with van der Waals surface area (Å²) in [4.78, 5) is 11.8. The molecule has 1 aromatic carbocycles. The third kappa shape index (κ3) is 6.60. The van der Waals surface area contributed by atoms with Crippen LogP contribution in [0.15, 0.2) is 24.3 Å². The highest BCUT2D eigenvalue weighted by atomic mass is 16.5. The third-order valence-corrected chi connectivity index (χ3v) is 3.25. The summed E-state index contributed by atoms with van der Waals surface area (Å²) in [5.41, 5.74) is 1.24. The summed E-state index contributed by atoms with van der Waals surface area (Å²) in [6.45, 7) is 4.86. The number of hydrogen-bond donors (Lipinski definition) is 2. The van der Waals surface area contributed by atoms with Gasteiger partial charge in [-0.2, -0.15) is 0 Å². The molecule has 0 aromatic heterocycles. The predicted molar refractivity (Wildman–Crippen MR) is 83.6 cm³/mol. The van der Waals surface area contributed by atoms with Gasteiger partial charge >= 0.3 is 0 Å². The first kappa shape index (κ1) is 17.5. The molecular weight excluding hydrogens is 268 g/mol. The first-order chi connectivity index (χ1) is 10.1. The van der Waals surface area contributed by atoms with Crippen molar-refractivity contribution >= 4 is 5.91 Å². The number of ether oxygens (including phenoxy) is 2. The van der Waals surface area contributed by atoms with Gasteiger partial charge in [0.05, 0.1) is 6.61 Å². The van der Waals surface area contributed by atoms with Gasteiger partial charge in [-0.3, -0.25) is 4.79 Å². The van der Waals surface area contributed by atoms with Crippen LogP contribution in [0.5, 0.6) is 5.75 Å². The summed E-state index contributed by atoms with van der Waals surface area (Å²) in [6.07, 6.45) is 0.438. The molecule has 2 N–H and O–H groups in total. The maximum Gasteiger partial charge on any atom is 0.260 e. The van der Waals surface area contributed by atoms with Gasteiger partial charge in [0.15, 0.2) is 6.10 Å². The Kier molecular flexibility index (Phi) is 7.79. The van der Waals surface area contributed by atoms with Gasteiger partial charge in [0.2, 0.25) is 0 Å². The molecule has 1 amide bonds. The zero-order valence-electron chi connectivity index (χ0n) is 13.3. The van der Waals surface area contributed by atoms with Crippen molar-refractivity contribution in [2.24, 2.45) is 0 Å². The highest BCUT2D eigenvalue weighted by Gasteiger charge is 2.13. The van der Waals surface area contributed by atoms with Crippen molar-refractivity contribution in [2.45, 2.75) is 32.4 Å². The molecule has 1 rings (SSSR count). The monoisotopic (exact) mass is 294 g/mol. The first-order valence-corrected chi connectivity index (χ1v) is 7.26. The number of likely N-dealkylation sites (N-methyl/N-ethyl adjacent to an activating group) is 1. The summed E-state index contributed by atoms with van der Waals surface area (Å²) in [7, 11) is 3.55. The average molecular weight is 294 g/mol. The molecular formula is C16H26N2O3. The van der Waals surface area contributed by atoms with Gasteiger partial charge in [-0.25, -0.2) is 0 Å². The largest absolute Gasteiger partial charge is 0.481 e. The number of carbonyl (C=O) groups excluding carboxylic acids is 1. The fraction of sp³-hybridized carbons (Fsp3) is 0.562. The van der Waals surface area contributed by atoms with Gasteiger partial charge in [0.25, 0.3) is 5.91 Å². The summed E-state index contributed by atoms with van der Waals surface area (Å²) in [6, 6.07) is 8.28. The van der Waals surface area contributed by atoms with Crippen LogP contribution >= 0.6 is 0 Å². The second-order valence-electron chi connectivity index (χ2n) is 5.08. The molecule has 5 nitrogen and oxygen atoms in total. The molecule has 0 bridgehead atoms. The fourth-order valence-corrected chi connectivity index (χ4v) is 1.84. The first-order valence-electron chi connectivity index (χ1n) is 7.26. The Morgan fingerprint density at radius 2 is 1.90 bits per heavy atom. The second kappa shape index (κ2) is 9.37. The van der Waals surface area contributed by atoms with Crippen molar-refractivity contribution < 1.29 is 14.3 Å². The van der Waals surface area contributed by atoms with E-state index in [9.17, 15) is 4.79 Å². The van der Waals surface area contributed by atoms with Gasteiger partial charge in [-0.15, -0.1) is 0 Å². The molecule has 1 aromatic rings. The molecule has 21 heavy (non-hydrogen) atoms. The molecule has 0 spiro atoms. The lowest BCUT2D eigenvalue weighted by atomic mass is 10.1. The molecule has 2 unspecified atom stereocenters. The Balaban J connectivity index is 2.45. The van der Waals surface area contributed by atoms with E-state index in [2.05, 4.69) is 17.6 Å². The van der Waals surface area contributed by atoms with Crippen LogP contribution in [0, 0.1) is 0 Å². The van der Waals surface area contributed by atoms with E-state index in [-0.39, 0.29) is 5.91 Å². The molecule has 0 saturated heterocycles. The highest BCUT2D eigenvalue weighted by molar-refractivity contribution is 5.80. The standard InChI is InChI=1S/C16H26N2O3/c1-12(17-3)11-14-5-7-15(8-6-14)21-13(2)16(19)18-9-10-20-4/h5-8,12-13,17H,9-11H2,1-4H3,(H,18,19). The summed E-state index contributed by atoms with van der Waals surface area (Å²) < 4.78 is 10.5. The molecule has 0 radical (unpaired) electrons. The molecule has 0 aliphatic carbocycles. The maximum absolute atomic E-state index is 11.8. The number of nitrogens with one attached hydrogen (secondary N) is 2. The van der Waals surface area contributed by atoms with E-state index in [1.165, 1.54) is 5.56 Å². The van der Waals surface area contributed by atoms with Crippen molar-refractivity contribution in [1.29, 1.82) is 0 Å². The van der Waals surface area contributed by atoms with Crippen LogP contribution < -0.4 is 15.4 Å². The summed E-state index contributed by atoms with van der Waals surface area (Å²) in [5.74, 6) is 0.560. The normalized spacial score (nSPS) is 13.5. The SMILES string of the molecule is CNC(C)Cc1ccc(OC(C)C(=O)NCCOC)cc1. The van der Waals surface area contributed by atoms with E-state index in [1.54, 1.807) is 14.0 Å². The predicted octanol–water partition coefficient (Wildman–Crippen LogP) is 1.37. The van der Waals surface area contributed by atoms with Gasteiger partial charge in [-0.05, 0) is 45.0 Å². The lowest BCUT2D eigenvalue weighted by Crippen LogP contribution is -2.37. The van der Waals surface area contributed by atoms with E-state index in [0.29, 0.717) is 24.9 Å². The van der Waals surface area contributed by atoms with Gasteiger partial charge in [0.1, 0.15) is 5.75 Å². The minimum absolute atomic E-state index is 0.139. The molecule has 0 saturated carbocycles. The number of hydrogen-bond acceptors (Lipinski definition) is 4. The van der Waals surface area contributed by atoms with Gasteiger partial charge in [-0.1, -0.05) is 12.1 Å². The number of carbonyl (C=O) groups is 1. The molecule has 5 heteroatoms. The Labute approximate surface area is 127 Å². The number of rotatable bonds is 9. The fourth-order valence-electron chi connectivity index (χ4n) is 1.84. The number of benzene rings is 1. The maximum atomic E-state index is 11.8. The molecule has 0 aliphatic heterocycles. The summed E-state index contributed by atoms with van der Waals surface area (Å²) >= 11 is 0. The minimum Gasteiger partial charge on any atom is -0.481 e. The van der Waals surface area contributed by atoms with Crippen LogP contribution in [0.25, 0.3) is 0 Å². The quantitative estimate of drug-likeness (QED) is 0.675. The van der Waals surface area contributed by atoms with Crippen molar-refractivity contribution in [2.75, 3.05) is 27.3 Å². The second-order valence-corrected chi connectivity index (χ2v) is 5.08. The highest BCUT2D eigenvalue weighted by Crippen LogP contribution is 2.15. The van der Waals surface area contributed by atoms with Crippen LogP contribution in [0.1, 0.15) is 19.4 Å². The molecule has 2 atom stereocenters. The smallest absolute Gasteiger partial charge is 0.260 e. The van der Waals surface area contributed by atoms with E-state index >= 15 is 0 Å². The third-order valence-electron chi connectivity index (χ3n) is 3.25. The topological polar surface area (TPSA) is 59.6 Å². The van der Waals surface area contributed by atoms with Crippen LogP contribution in [-0.4, -0.2) is 45.4 Å². The van der Waals surface area contributed by atoms with Crippen molar-refractivity contribution in [1.82, 2.24) is 10.6 Å². The van der Waals surface area contributed by atoms with Gasteiger partial charge in [0, 0.05) is 19.7 Å². The Hall–Kier alpha value is -1.59. The average Bonchev–Trinajstić information content (AvgIpc) is 2.49. The van der Waals surface area contributed by atoms with Crippen molar-refractivity contribution in [3.05, 3.63) is 29.8 Å². The van der Waals surface area contributed by atoms with E-state index in [0.717, 1.165) is 6.42 Å². The van der Waals surface area contributed by atoms with Crippen LogP contribution in [-0.2, 0) is 16.0 Å².